The minimum absolute atomic E-state index is 0.436. The Bertz CT molecular complexity index is 470. The Labute approximate surface area is 117 Å². The van der Waals surface area contributed by atoms with Crippen LogP contribution in [0.1, 0.15) is 40.5 Å². The zero-order valence-corrected chi connectivity index (χ0v) is 12.1. The molecule has 2 aliphatic heterocycles. The van der Waals surface area contributed by atoms with Gasteiger partial charge in [0.2, 0.25) is 5.91 Å². The second-order valence-electron chi connectivity index (χ2n) is 6.49. The van der Waals surface area contributed by atoms with Crippen LogP contribution in [-0.4, -0.2) is 51.2 Å². The summed E-state index contributed by atoms with van der Waals surface area (Å²) in [5.74, 6) is -1.58. The summed E-state index contributed by atoms with van der Waals surface area (Å²) in [6.07, 6.45) is 0.289. The number of carboxylic acid groups (broad SMARTS) is 1. The van der Waals surface area contributed by atoms with E-state index < -0.39 is 41.2 Å². The summed E-state index contributed by atoms with van der Waals surface area (Å²) in [6, 6.07) is -1.22. The van der Waals surface area contributed by atoms with Crippen molar-refractivity contribution in [3.8, 4) is 0 Å². The van der Waals surface area contributed by atoms with E-state index in [1.165, 1.54) is 11.8 Å². The maximum atomic E-state index is 12.3. The van der Waals surface area contributed by atoms with E-state index in [1.807, 2.05) is 0 Å². The average molecular weight is 284 g/mol. The van der Waals surface area contributed by atoms with Crippen LogP contribution in [0.4, 0.5) is 4.79 Å². The number of rotatable bonds is 1. The quantitative estimate of drug-likeness (QED) is 0.740. The number of aliphatic carboxylic acids is 1. The summed E-state index contributed by atoms with van der Waals surface area (Å²) < 4.78 is 5.29. The third-order valence-electron chi connectivity index (χ3n) is 3.79. The van der Waals surface area contributed by atoms with Crippen LogP contribution in [0.15, 0.2) is 0 Å². The average Bonchev–Trinajstić information content (AvgIpc) is 2.65. The largest absolute Gasteiger partial charge is 0.479 e. The highest BCUT2D eigenvalue weighted by Gasteiger charge is 2.59. The fourth-order valence-electron chi connectivity index (χ4n) is 2.82. The summed E-state index contributed by atoms with van der Waals surface area (Å²) in [6.45, 7) is 6.62. The van der Waals surface area contributed by atoms with E-state index in [9.17, 15) is 19.5 Å². The maximum absolute atomic E-state index is 12.3. The van der Waals surface area contributed by atoms with E-state index in [1.54, 1.807) is 20.8 Å². The molecule has 20 heavy (non-hydrogen) atoms. The fraction of sp³-hybridized carbons (Fsp3) is 0.769. The number of ether oxygens (including phenoxy) is 1. The first-order chi connectivity index (χ1) is 9.06. The number of nitrogens with zero attached hydrogens (tertiary/aromatic N) is 1. The monoisotopic (exact) mass is 284 g/mol. The highest BCUT2D eigenvalue weighted by molar-refractivity contribution is 5.95. The molecule has 0 aromatic rings. The van der Waals surface area contributed by atoms with Crippen LogP contribution >= 0.6 is 0 Å². The lowest BCUT2D eigenvalue weighted by Crippen LogP contribution is -2.71. The molecule has 0 spiro atoms. The molecule has 2 aliphatic rings. The SMILES string of the molecule is CC(C)(C)OC(=O)N1C2CCC1C(C)(C(=O)O)NC2=O. The second-order valence-corrected chi connectivity index (χ2v) is 6.49. The molecule has 2 heterocycles. The van der Waals surface area contributed by atoms with Crippen molar-refractivity contribution in [3.05, 3.63) is 0 Å². The molecular formula is C13H20N2O5. The van der Waals surface area contributed by atoms with E-state index in [0.717, 1.165) is 0 Å². The fourth-order valence-corrected chi connectivity index (χ4v) is 2.82. The second kappa shape index (κ2) is 4.36. The van der Waals surface area contributed by atoms with E-state index in [-0.39, 0.29) is 0 Å². The number of piperazine rings is 1. The van der Waals surface area contributed by atoms with Crippen molar-refractivity contribution in [2.75, 3.05) is 0 Å². The Balaban J connectivity index is 2.32. The number of carboxylic acids is 1. The smallest absolute Gasteiger partial charge is 0.411 e. The summed E-state index contributed by atoms with van der Waals surface area (Å²) in [5.41, 5.74) is -2.16. The van der Waals surface area contributed by atoms with Gasteiger partial charge in [-0.2, -0.15) is 0 Å². The van der Waals surface area contributed by atoms with Crippen LogP contribution in [0.3, 0.4) is 0 Å². The zero-order chi connectivity index (χ0) is 15.3. The van der Waals surface area contributed by atoms with Crippen molar-refractivity contribution in [2.24, 2.45) is 0 Å². The first-order valence-electron chi connectivity index (χ1n) is 6.63. The summed E-state index contributed by atoms with van der Waals surface area (Å²) >= 11 is 0. The Hall–Kier alpha value is -1.79. The third kappa shape index (κ3) is 2.21. The van der Waals surface area contributed by atoms with Crippen molar-refractivity contribution in [2.45, 2.75) is 63.8 Å². The van der Waals surface area contributed by atoms with Crippen molar-refractivity contribution >= 4 is 18.0 Å². The van der Waals surface area contributed by atoms with E-state index in [2.05, 4.69) is 5.32 Å². The normalized spacial score (nSPS) is 32.8. The lowest BCUT2D eigenvalue weighted by atomic mass is 9.89. The minimum Gasteiger partial charge on any atom is -0.479 e. The summed E-state index contributed by atoms with van der Waals surface area (Å²) in [4.78, 5) is 37.0. The molecule has 112 valence electrons. The molecule has 2 fully saturated rings. The molecule has 0 saturated carbocycles. The number of carbonyl (C=O) groups excluding carboxylic acids is 2. The zero-order valence-electron chi connectivity index (χ0n) is 12.1. The van der Waals surface area contributed by atoms with E-state index in [4.69, 9.17) is 4.74 Å². The van der Waals surface area contributed by atoms with Crippen LogP contribution in [0, 0.1) is 0 Å². The van der Waals surface area contributed by atoms with E-state index >= 15 is 0 Å². The van der Waals surface area contributed by atoms with Crippen molar-refractivity contribution in [1.82, 2.24) is 10.2 Å². The summed E-state index contributed by atoms with van der Waals surface area (Å²) in [5, 5.41) is 11.9. The molecule has 0 radical (unpaired) electrons. The van der Waals surface area contributed by atoms with Gasteiger partial charge in [0.05, 0.1) is 6.04 Å². The number of hydrogen-bond acceptors (Lipinski definition) is 4. The molecule has 0 aromatic heterocycles. The lowest BCUT2D eigenvalue weighted by Gasteiger charge is -2.44. The van der Waals surface area contributed by atoms with Gasteiger partial charge in [-0.15, -0.1) is 0 Å². The Morgan fingerprint density at radius 1 is 1.40 bits per heavy atom. The van der Waals surface area contributed by atoms with Gasteiger partial charge in [-0.05, 0) is 40.5 Å². The Morgan fingerprint density at radius 3 is 2.50 bits per heavy atom. The first kappa shape index (κ1) is 14.6. The van der Waals surface area contributed by atoms with Gasteiger partial charge in [-0.1, -0.05) is 0 Å². The number of fused-ring (bicyclic) bond motifs is 2. The van der Waals surface area contributed by atoms with Crippen molar-refractivity contribution in [1.29, 1.82) is 0 Å². The predicted octanol–water partition coefficient (Wildman–Crippen LogP) is 0.728. The van der Waals surface area contributed by atoms with Crippen LogP contribution in [-0.2, 0) is 14.3 Å². The Kier molecular flexibility index (Phi) is 3.19. The number of hydrogen-bond donors (Lipinski definition) is 2. The molecule has 2 N–H and O–H groups in total. The first-order valence-corrected chi connectivity index (χ1v) is 6.63. The molecule has 0 aromatic carbocycles. The molecule has 7 heteroatoms. The highest BCUT2D eigenvalue weighted by atomic mass is 16.6. The molecule has 7 nitrogen and oxygen atoms in total. The van der Waals surface area contributed by atoms with Gasteiger partial charge >= 0.3 is 12.1 Å². The topological polar surface area (TPSA) is 95.9 Å². The van der Waals surface area contributed by atoms with Gasteiger partial charge in [-0.25, -0.2) is 9.59 Å². The van der Waals surface area contributed by atoms with Crippen LogP contribution in [0.25, 0.3) is 0 Å². The molecule has 2 bridgehead atoms. The maximum Gasteiger partial charge on any atom is 0.411 e. The highest BCUT2D eigenvalue weighted by Crippen LogP contribution is 2.37. The molecule has 2 saturated heterocycles. The lowest BCUT2D eigenvalue weighted by molar-refractivity contribution is -0.154. The van der Waals surface area contributed by atoms with Crippen LogP contribution in [0.5, 0.6) is 0 Å². The molecule has 2 amide bonds. The van der Waals surface area contributed by atoms with Gasteiger partial charge in [0, 0.05) is 0 Å². The minimum atomic E-state index is -1.47. The number of nitrogens with one attached hydrogen (secondary N) is 1. The Morgan fingerprint density at radius 2 is 2.00 bits per heavy atom. The molecule has 0 aliphatic carbocycles. The molecule has 2 rings (SSSR count). The standard InChI is InChI=1S/C13H20N2O5/c1-12(2,3)20-11(19)15-7-5-6-8(15)13(4,10(17)18)14-9(7)16/h7-8H,5-6H2,1-4H3,(H,14,16)(H,17,18). The van der Waals surface area contributed by atoms with E-state index in [0.29, 0.717) is 12.8 Å². The summed E-state index contributed by atoms with van der Waals surface area (Å²) in [7, 11) is 0. The van der Waals surface area contributed by atoms with Gasteiger partial charge in [0.1, 0.15) is 11.6 Å². The number of carbonyl (C=O) groups is 3. The molecule has 3 unspecified atom stereocenters. The van der Waals surface area contributed by atoms with Gasteiger partial charge in [0.15, 0.2) is 5.54 Å². The number of amides is 2. The molecule has 3 atom stereocenters. The van der Waals surface area contributed by atoms with Gasteiger partial charge in [-0.3, -0.25) is 9.69 Å². The van der Waals surface area contributed by atoms with Crippen LogP contribution < -0.4 is 5.32 Å². The van der Waals surface area contributed by atoms with Crippen LogP contribution in [0.2, 0.25) is 0 Å². The molecular weight excluding hydrogens is 264 g/mol. The van der Waals surface area contributed by atoms with Gasteiger partial charge in [0.25, 0.3) is 0 Å². The third-order valence-corrected chi connectivity index (χ3v) is 3.79. The van der Waals surface area contributed by atoms with Crippen molar-refractivity contribution in [3.63, 3.8) is 0 Å². The van der Waals surface area contributed by atoms with Crippen molar-refractivity contribution < 1.29 is 24.2 Å². The van der Waals surface area contributed by atoms with Gasteiger partial charge < -0.3 is 15.2 Å². The predicted molar refractivity (Wildman–Crippen MR) is 69.1 cm³/mol.